The van der Waals surface area contributed by atoms with Crippen LogP contribution in [0.4, 0.5) is 0 Å². The minimum absolute atomic E-state index is 0.109. The summed E-state index contributed by atoms with van der Waals surface area (Å²) in [4.78, 5) is 10.8. The van der Waals surface area contributed by atoms with Crippen LogP contribution in [-0.2, 0) is 18.9 Å². The molecule has 0 aliphatic heterocycles. The molecular formula is C17H19I2N2O2+. The average Bonchev–Trinajstić information content (AvgIpc) is 2.47. The van der Waals surface area contributed by atoms with Crippen LogP contribution in [0, 0.1) is 10.1 Å². The molecule has 0 N–H and O–H groups in total. The van der Waals surface area contributed by atoms with E-state index in [9.17, 15) is 10.1 Å². The van der Waals surface area contributed by atoms with E-state index < -0.39 is 1.55 Å². The predicted octanol–water partition coefficient (Wildman–Crippen LogP) is 4.18. The number of aryl methyl sites for hydroxylation is 1. The highest BCUT2D eigenvalue weighted by Crippen LogP contribution is 2.34. The molecule has 6 heteroatoms. The first-order chi connectivity index (χ1) is 10.6. The second-order valence-corrected chi connectivity index (χ2v) is 11.8. The summed E-state index contributed by atoms with van der Waals surface area (Å²) < 4.78 is 1.02. The van der Waals surface area contributed by atoms with Crippen LogP contribution in [0.1, 0.15) is 30.5 Å². The number of hydrogen-bond acceptors (Lipinski definition) is 2. The van der Waals surface area contributed by atoms with E-state index in [-0.39, 0.29) is 10.3 Å². The summed E-state index contributed by atoms with van der Waals surface area (Å²) in [6.07, 6.45) is 4.50. The van der Waals surface area contributed by atoms with Gasteiger partial charge in [-0.15, -0.1) is 0 Å². The highest BCUT2D eigenvalue weighted by molar-refractivity contribution is 14.2. The smallest absolute Gasteiger partial charge is 0.262 e. The number of hydrogen-bond donors (Lipinski definition) is 0. The molecule has 0 aliphatic rings. The van der Waals surface area contributed by atoms with Crippen molar-refractivity contribution in [2.24, 2.45) is 7.05 Å². The summed E-state index contributed by atoms with van der Waals surface area (Å²) in [5, 5.41) is 11.1. The summed E-state index contributed by atoms with van der Waals surface area (Å²) >= 11 is 3.78. The number of aromatic nitrogens is 1. The van der Waals surface area contributed by atoms with E-state index >= 15 is 0 Å². The molecule has 4 nitrogen and oxygen atoms in total. The number of rotatable bonds is 5. The van der Waals surface area contributed by atoms with Crippen LogP contribution in [0.5, 0.6) is 0 Å². The van der Waals surface area contributed by atoms with Gasteiger partial charge in [-0.1, -0.05) is 38.1 Å². The molecule has 0 bridgehead atoms. The maximum Gasteiger partial charge on any atom is 0.320 e. The summed E-state index contributed by atoms with van der Waals surface area (Å²) in [7, 11) is 2.00. The van der Waals surface area contributed by atoms with E-state index in [0.717, 1.165) is 5.56 Å². The molecular weight excluding hydrogens is 518 g/mol. The van der Waals surface area contributed by atoms with Gasteiger partial charge in [0, 0.05) is 67.7 Å². The van der Waals surface area contributed by atoms with Crippen LogP contribution in [0.15, 0.2) is 48.8 Å². The van der Waals surface area contributed by atoms with Crippen LogP contribution < -0.4 is 4.57 Å². The SMILES string of the molecule is C[n+]1ccc(C(C)(C)c2ccc(CC(I)(I)[N+](=O)[O-])cc2)cc1. The van der Waals surface area contributed by atoms with Crippen LogP contribution in [-0.4, -0.2) is 6.48 Å². The lowest BCUT2D eigenvalue weighted by atomic mass is 9.78. The Bertz CT molecular complexity index is 696. The lowest BCUT2D eigenvalue weighted by Crippen LogP contribution is -2.28. The molecule has 122 valence electrons. The Labute approximate surface area is 163 Å². The fourth-order valence-electron chi connectivity index (χ4n) is 2.43. The van der Waals surface area contributed by atoms with Gasteiger partial charge in [-0.3, -0.25) is 10.1 Å². The molecule has 0 aliphatic carbocycles. The molecule has 1 aromatic carbocycles. The Balaban J connectivity index is 2.25. The highest BCUT2D eigenvalue weighted by atomic mass is 127. The molecule has 1 heterocycles. The Morgan fingerprint density at radius 2 is 1.52 bits per heavy atom. The third-order valence-corrected chi connectivity index (χ3v) is 5.61. The predicted molar refractivity (Wildman–Crippen MR) is 108 cm³/mol. The van der Waals surface area contributed by atoms with Crippen LogP contribution in [0.25, 0.3) is 0 Å². The Morgan fingerprint density at radius 3 is 2.00 bits per heavy atom. The Hall–Kier alpha value is -0.770. The third kappa shape index (κ3) is 4.40. The van der Waals surface area contributed by atoms with Gasteiger partial charge in [0.15, 0.2) is 12.4 Å². The average molecular weight is 537 g/mol. The van der Waals surface area contributed by atoms with E-state index in [1.807, 2.05) is 81.3 Å². The van der Waals surface area contributed by atoms with Crippen molar-refractivity contribution in [2.75, 3.05) is 0 Å². The standard InChI is InChI=1S/C17H19I2N2O2/c1-16(2,15-8-10-20(3)11-9-15)14-6-4-13(5-7-14)12-17(18,19)21(22)23/h4-11H,12H2,1-3H3/q+1. The maximum atomic E-state index is 11.1. The maximum absolute atomic E-state index is 11.1. The first-order valence-electron chi connectivity index (χ1n) is 7.20. The minimum Gasteiger partial charge on any atom is -0.262 e. The second kappa shape index (κ2) is 7.00. The third-order valence-electron chi connectivity index (χ3n) is 4.06. The van der Waals surface area contributed by atoms with Crippen molar-refractivity contribution in [3.8, 4) is 0 Å². The van der Waals surface area contributed by atoms with E-state index in [1.54, 1.807) is 0 Å². The molecule has 0 amide bonds. The van der Waals surface area contributed by atoms with Crippen molar-refractivity contribution < 1.29 is 9.49 Å². The largest absolute Gasteiger partial charge is 0.320 e. The molecule has 2 rings (SSSR count). The van der Waals surface area contributed by atoms with Crippen molar-refractivity contribution in [2.45, 2.75) is 27.2 Å². The monoisotopic (exact) mass is 537 g/mol. The van der Waals surface area contributed by atoms with Crippen molar-refractivity contribution in [3.05, 3.63) is 75.6 Å². The summed E-state index contributed by atoms with van der Waals surface area (Å²) in [6, 6.07) is 12.4. The number of halogens is 2. The van der Waals surface area contributed by atoms with Gasteiger partial charge >= 0.3 is 1.55 Å². The molecule has 0 saturated carbocycles. The lowest BCUT2D eigenvalue weighted by Gasteiger charge is -2.25. The van der Waals surface area contributed by atoms with E-state index in [4.69, 9.17) is 0 Å². The van der Waals surface area contributed by atoms with Crippen molar-refractivity contribution in [3.63, 3.8) is 0 Å². The van der Waals surface area contributed by atoms with Crippen LogP contribution in [0.3, 0.4) is 0 Å². The number of nitro groups is 1. The highest BCUT2D eigenvalue weighted by Gasteiger charge is 2.36. The lowest BCUT2D eigenvalue weighted by molar-refractivity contribution is -0.671. The van der Waals surface area contributed by atoms with Crippen LogP contribution >= 0.6 is 45.2 Å². The quantitative estimate of drug-likeness (QED) is 0.144. The van der Waals surface area contributed by atoms with Gasteiger partial charge in [0.05, 0.1) is 6.42 Å². The molecule has 0 radical (unpaired) electrons. The van der Waals surface area contributed by atoms with Gasteiger partial charge in [0.2, 0.25) is 0 Å². The Morgan fingerprint density at radius 1 is 1.04 bits per heavy atom. The zero-order chi connectivity index (χ0) is 17.3. The fraction of sp³-hybridized carbons (Fsp3) is 0.353. The fourth-order valence-corrected chi connectivity index (χ4v) is 3.31. The molecule has 0 saturated heterocycles. The number of pyridine rings is 1. The molecule has 0 spiro atoms. The second-order valence-electron chi connectivity index (χ2n) is 6.17. The summed E-state index contributed by atoms with van der Waals surface area (Å²) in [5.41, 5.74) is 3.31. The summed E-state index contributed by atoms with van der Waals surface area (Å²) in [6.45, 7) is 4.38. The van der Waals surface area contributed by atoms with Gasteiger partial charge < -0.3 is 0 Å². The number of alkyl halides is 2. The number of benzene rings is 1. The first-order valence-corrected chi connectivity index (χ1v) is 9.36. The van der Waals surface area contributed by atoms with Gasteiger partial charge in [0.1, 0.15) is 7.05 Å². The zero-order valence-electron chi connectivity index (χ0n) is 13.3. The van der Waals surface area contributed by atoms with E-state index in [2.05, 4.69) is 38.1 Å². The molecule has 0 fully saturated rings. The first kappa shape index (κ1) is 18.6. The molecule has 2 aromatic rings. The summed E-state index contributed by atoms with van der Waals surface area (Å²) in [5.74, 6) is 0. The molecule has 1 aromatic heterocycles. The van der Waals surface area contributed by atoms with Gasteiger partial charge in [-0.2, -0.15) is 0 Å². The minimum atomic E-state index is -0.999. The van der Waals surface area contributed by atoms with Crippen molar-refractivity contribution >= 4 is 45.2 Å². The zero-order valence-corrected chi connectivity index (χ0v) is 17.6. The van der Waals surface area contributed by atoms with Crippen LogP contribution in [0.2, 0.25) is 0 Å². The van der Waals surface area contributed by atoms with Gasteiger partial charge in [0.25, 0.3) is 0 Å². The normalized spacial score (nSPS) is 12.2. The molecule has 23 heavy (non-hydrogen) atoms. The molecule has 0 unspecified atom stereocenters. The van der Waals surface area contributed by atoms with E-state index in [0.29, 0.717) is 6.42 Å². The Kier molecular flexibility index (Phi) is 5.65. The van der Waals surface area contributed by atoms with Crippen molar-refractivity contribution in [1.29, 1.82) is 0 Å². The van der Waals surface area contributed by atoms with E-state index in [1.165, 1.54) is 11.1 Å². The number of nitrogens with zero attached hydrogens (tertiary/aromatic N) is 2. The van der Waals surface area contributed by atoms with Gasteiger partial charge in [-0.25, -0.2) is 4.57 Å². The topological polar surface area (TPSA) is 47.0 Å². The van der Waals surface area contributed by atoms with Gasteiger partial charge in [-0.05, 0) is 16.7 Å². The van der Waals surface area contributed by atoms with Crippen molar-refractivity contribution in [1.82, 2.24) is 0 Å². The molecule has 0 atom stereocenters.